The van der Waals surface area contributed by atoms with Crippen LogP contribution < -0.4 is 0 Å². The number of carboxylic acids is 1. The summed E-state index contributed by atoms with van der Waals surface area (Å²) in [7, 11) is 0. The fraction of sp³-hybridized carbons (Fsp3) is 0.952. The van der Waals surface area contributed by atoms with Crippen LogP contribution in [0.3, 0.4) is 0 Å². The molecule has 1 N–H and O–H groups in total. The zero-order valence-electron chi connectivity index (χ0n) is 47.8. The Hall–Kier alpha value is -1.63. The molecule has 0 spiro atoms. The standard InChI is InChI=1S/C63H122N2O5/c1-6-11-16-21-24-25-28-38-54-65(61(66)49-41-53-64-51-39-40-52-64)60(47-34-29-35-50-62(67)68)48-37-36-46-59(55-57(42-30-19-14-9-4)43-32-26-22-17-12-7-2)63(69)70-56-58(44-31-20-15-10-5)45-33-27-23-18-13-8-3/h57-60H,6-56H2,1-5H3,(H,67,68). The monoisotopic (exact) mass is 987 g/mol. The second-order valence-corrected chi connectivity index (χ2v) is 22.8. The van der Waals surface area contributed by atoms with Gasteiger partial charge in [0, 0.05) is 25.4 Å². The predicted octanol–water partition coefficient (Wildman–Crippen LogP) is 19.0. The third-order valence-corrected chi connectivity index (χ3v) is 16.1. The number of likely N-dealkylation sites (tertiary alicyclic amines) is 1. The third-order valence-electron chi connectivity index (χ3n) is 16.1. The van der Waals surface area contributed by atoms with Crippen LogP contribution in [0.2, 0.25) is 0 Å². The van der Waals surface area contributed by atoms with E-state index in [1.807, 2.05) is 0 Å². The number of unbranched alkanes of at least 4 members (excludes halogenated alkanes) is 26. The first-order valence-electron chi connectivity index (χ1n) is 31.7. The Bertz CT molecular complexity index is 1160. The van der Waals surface area contributed by atoms with Crippen LogP contribution in [0.25, 0.3) is 0 Å². The summed E-state index contributed by atoms with van der Waals surface area (Å²) in [4.78, 5) is 45.1. The number of rotatable bonds is 54. The highest BCUT2D eigenvalue weighted by Crippen LogP contribution is 2.31. The van der Waals surface area contributed by atoms with Gasteiger partial charge in [0.2, 0.25) is 5.91 Å². The first kappa shape index (κ1) is 66.4. The van der Waals surface area contributed by atoms with Crippen molar-refractivity contribution in [3.8, 4) is 0 Å². The van der Waals surface area contributed by atoms with Crippen molar-refractivity contribution in [2.24, 2.45) is 17.8 Å². The second-order valence-electron chi connectivity index (χ2n) is 22.8. The van der Waals surface area contributed by atoms with Gasteiger partial charge in [-0.2, -0.15) is 0 Å². The van der Waals surface area contributed by atoms with Crippen molar-refractivity contribution in [2.75, 3.05) is 32.8 Å². The summed E-state index contributed by atoms with van der Waals surface area (Å²) >= 11 is 0. The molecule has 0 bridgehead atoms. The maximum atomic E-state index is 14.5. The van der Waals surface area contributed by atoms with Gasteiger partial charge in [0.15, 0.2) is 0 Å². The van der Waals surface area contributed by atoms with E-state index in [0.29, 0.717) is 37.2 Å². The number of amides is 1. The summed E-state index contributed by atoms with van der Waals surface area (Å²) in [5.41, 5.74) is 0. The van der Waals surface area contributed by atoms with E-state index in [9.17, 15) is 19.5 Å². The molecule has 0 saturated carbocycles. The first-order valence-corrected chi connectivity index (χ1v) is 31.7. The second kappa shape index (κ2) is 49.6. The smallest absolute Gasteiger partial charge is 0.308 e. The molecule has 0 aromatic carbocycles. The molecule has 1 saturated heterocycles. The largest absolute Gasteiger partial charge is 0.481 e. The van der Waals surface area contributed by atoms with Gasteiger partial charge in [0.05, 0.1) is 12.5 Å². The lowest BCUT2D eigenvalue weighted by molar-refractivity contribution is -0.151. The van der Waals surface area contributed by atoms with Crippen LogP contribution in [-0.2, 0) is 19.1 Å². The molecule has 4 unspecified atom stereocenters. The highest BCUT2D eigenvalue weighted by atomic mass is 16.5. The minimum atomic E-state index is -0.718. The van der Waals surface area contributed by atoms with Crippen LogP contribution in [0.4, 0.5) is 0 Å². The molecule has 4 atom stereocenters. The molecule has 1 aliphatic rings. The number of hydrogen-bond acceptors (Lipinski definition) is 5. The molecule has 1 heterocycles. The summed E-state index contributed by atoms with van der Waals surface area (Å²) in [6.45, 7) is 16.2. The normalized spacial score (nSPS) is 14.8. The van der Waals surface area contributed by atoms with Crippen molar-refractivity contribution in [2.45, 2.75) is 336 Å². The zero-order chi connectivity index (χ0) is 51.0. The van der Waals surface area contributed by atoms with Crippen LogP contribution >= 0.6 is 0 Å². The Morgan fingerprint density at radius 1 is 0.457 bits per heavy atom. The molecule has 70 heavy (non-hydrogen) atoms. The summed E-state index contributed by atoms with van der Waals surface area (Å²) in [5, 5.41) is 9.36. The molecule has 0 aromatic heterocycles. The molecule has 1 aliphatic heterocycles. The van der Waals surface area contributed by atoms with Gasteiger partial charge in [-0.25, -0.2) is 0 Å². The number of esters is 1. The molecular weight excluding hydrogens is 865 g/mol. The van der Waals surface area contributed by atoms with E-state index >= 15 is 0 Å². The van der Waals surface area contributed by atoms with Gasteiger partial charge >= 0.3 is 11.9 Å². The van der Waals surface area contributed by atoms with E-state index in [4.69, 9.17) is 4.74 Å². The maximum absolute atomic E-state index is 14.5. The van der Waals surface area contributed by atoms with Gasteiger partial charge in [-0.3, -0.25) is 14.4 Å². The lowest BCUT2D eigenvalue weighted by Gasteiger charge is -2.33. The van der Waals surface area contributed by atoms with Crippen molar-refractivity contribution in [3.63, 3.8) is 0 Å². The average molecular weight is 988 g/mol. The van der Waals surface area contributed by atoms with Gasteiger partial charge in [0.1, 0.15) is 0 Å². The molecule has 7 nitrogen and oxygen atoms in total. The minimum absolute atomic E-state index is 0.0545. The number of aliphatic carboxylic acids is 1. The number of carbonyl (C=O) groups excluding carboxylic acids is 2. The quantitative estimate of drug-likeness (QED) is 0.0483. The Labute approximate surface area is 436 Å². The average Bonchev–Trinajstić information content (AvgIpc) is 3.88. The summed E-state index contributed by atoms with van der Waals surface area (Å²) in [6.07, 6.45) is 53.3. The molecule has 1 fully saturated rings. The van der Waals surface area contributed by atoms with E-state index in [1.54, 1.807) is 0 Å². The van der Waals surface area contributed by atoms with Crippen molar-refractivity contribution >= 4 is 17.8 Å². The topological polar surface area (TPSA) is 87.2 Å². The number of hydrogen-bond donors (Lipinski definition) is 1. The van der Waals surface area contributed by atoms with Crippen molar-refractivity contribution in [1.29, 1.82) is 0 Å². The van der Waals surface area contributed by atoms with E-state index < -0.39 is 5.97 Å². The molecule has 0 aromatic rings. The lowest BCUT2D eigenvalue weighted by atomic mass is 9.84. The van der Waals surface area contributed by atoms with E-state index in [-0.39, 0.29) is 24.3 Å². The highest BCUT2D eigenvalue weighted by molar-refractivity contribution is 5.76. The Morgan fingerprint density at radius 3 is 1.36 bits per heavy atom. The maximum Gasteiger partial charge on any atom is 0.308 e. The van der Waals surface area contributed by atoms with Crippen LogP contribution in [0.15, 0.2) is 0 Å². The van der Waals surface area contributed by atoms with E-state index in [1.165, 1.54) is 225 Å². The SMILES string of the molecule is CCCCCCCCCCN(C(=O)CCCN1CCCC1)C(CCCCCC(=O)O)CCCCC(CC(CCCCCC)CCCCCCCC)C(=O)OCC(CCCCCC)CCCCCCCC. The first-order chi connectivity index (χ1) is 34.3. The van der Waals surface area contributed by atoms with Crippen LogP contribution in [-0.4, -0.2) is 71.6 Å². The molecule has 0 radical (unpaired) electrons. The van der Waals surface area contributed by atoms with Gasteiger partial charge < -0.3 is 19.6 Å². The summed E-state index contributed by atoms with van der Waals surface area (Å²) in [5.74, 6) is 0.669. The third kappa shape index (κ3) is 38.9. The van der Waals surface area contributed by atoms with Crippen molar-refractivity contribution < 1.29 is 24.2 Å². The summed E-state index contributed by atoms with van der Waals surface area (Å²) < 4.78 is 6.50. The molecule has 0 aliphatic carbocycles. The molecular formula is C63H122N2O5. The Morgan fingerprint density at radius 2 is 0.857 bits per heavy atom. The van der Waals surface area contributed by atoms with Gasteiger partial charge in [-0.05, 0) is 102 Å². The van der Waals surface area contributed by atoms with Crippen LogP contribution in [0.5, 0.6) is 0 Å². The summed E-state index contributed by atoms with van der Waals surface area (Å²) in [6, 6.07) is 0.175. The number of carbonyl (C=O) groups is 3. The Kier molecular flexibility index (Phi) is 47.0. The number of carboxylic acid groups (broad SMARTS) is 1. The fourth-order valence-corrected chi connectivity index (χ4v) is 11.5. The van der Waals surface area contributed by atoms with Gasteiger partial charge in [-0.1, -0.05) is 247 Å². The van der Waals surface area contributed by atoms with Gasteiger partial charge in [0.25, 0.3) is 0 Å². The molecule has 414 valence electrons. The highest BCUT2D eigenvalue weighted by Gasteiger charge is 2.27. The van der Waals surface area contributed by atoms with E-state index in [2.05, 4.69) is 44.4 Å². The molecule has 1 rings (SSSR count). The predicted molar refractivity (Wildman–Crippen MR) is 302 cm³/mol. The van der Waals surface area contributed by atoms with Crippen molar-refractivity contribution in [1.82, 2.24) is 9.80 Å². The minimum Gasteiger partial charge on any atom is -0.481 e. The number of ether oxygens (including phenoxy) is 1. The lowest BCUT2D eigenvalue weighted by Crippen LogP contribution is -2.41. The van der Waals surface area contributed by atoms with Crippen molar-refractivity contribution in [3.05, 3.63) is 0 Å². The van der Waals surface area contributed by atoms with Crippen LogP contribution in [0.1, 0.15) is 330 Å². The number of nitrogens with zero attached hydrogens (tertiary/aromatic N) is 2. The van der Waals surface area contributed by atoms with E-state index in [0.717, 1.165) is 77.3 Å². The zero-order valence-corrected chi connectivity index (χ0v) is 47.8. The molecule has 1 amide bonds. The fourth-order valence-electron chi connectivity index (χ4n) is 11.5. The van der Waals surface area contributed by atoms with Crippen LogP contribution in [0, 0.1) is 17.8 Å². The molecule has 7 heteroatoms. The van der Waals surface area contributed by atoms with Gasteiger partial charge in [-0.15, -0.1) is 0 Å². The Balaban J connectivity index is 3.27.